The molecular weight excluding hydrogens is 206 g/mol. The maximum atomic E-state index is 10.8. The zero-order valence-electron chi connectivity index (χ0n) is 9.43. The minimum Gasteiger partial charge on any atom is -0.481 e. The summed E-state index contributed by atoms with van der Waals surface area (Å²) in [6.45, 7) is 3.03. The minimum atomic E-state index is -0.719. The molecule has 0 saturated carbocycles. The molecule has 0 amide bonds. The van der Waals surface area contributed by atoms with Gasteiger partial charge in [-0.15, -0.1) is 0 Å². The van der Waals surface area contributed by atoms with Gasteiger partial charge >= 0.3 is 5.97 Å². The Hall–Kier alpha value is -1.29. The molecule has 16 heavy (non-hydrogen) atoms. The molecule has 4 heteroatoms. The van der Waals surface area contributed by atoms with Crippen molar-refractivity contribution >= 4 is 5.97 Å². The van der Waals surface area contributed by atoms with Crippen LogP contribution in [0.15, 0.2) is 22.8 Å². The Balaban J connectivity index is 2.05. The van der Waals surface area contributed by atoms with Crippen molar-refractivity contribution in [3.63, 3.8) is 0 Å². The Kier molecular flexibility index (Phi) is 3.29. The monoisotopic (exact) mass is 223 g/mol. The summed E-state index contributed by atoms with van der Waals surface area (Å²) in [5.41, 5.74) is 0. The third kappa shape index (κ3) is 2.27. The maximum absolute atomic E-state index is 10.8. The van der Waals surface area contributed by atoms with E-state index in [4.69, 9.17) is 9.52 Å². The molecule has 1 aromatic rings. The molecule has 1 fully saturated rings. The summed E-state index contributed by atoms with van der Waals surface area (Å²) in [7, 11) is 0. The lowest BCUT2D eigenvalue weighted by Gasteiger charge is -2.28. The van der Waals surface area contributed by atoms with E-state index in [1.165, 1.54) is 0 Å². The van der Waals surface area contributed by atoms with Crippen LogP contribution in [0.4, 0.5) is 0 Å². The van der Waals surface area contributed by atoms with E-state index in [0.29, 0.717) is 0 Å². The van der Waals surface area contributed by atoms with Gasteiger partial charge in [0, 0.05) is 6.04 Å². The van der Waals surface area contributed by atoms with Crippen LogP contribution < -0.4 is 0 Å². The summed E-state index contributed by atoms with van der Waals surface area (Å²) >= 11 is 0. The minimum absolute atomic E-state index is 0.151. The van der Waals surface area contributed by atoms with Crippen LogP contribution in [-0.4, -0.2) is 28.6 Å². The number of likely N-dealkylation sites (tertiary alicyclic amines) is 1. The highest BCUT2D eigenvalue weighted by atomic mass is 16.4. The first-order chi connectivity index (χ1) is 7.68. The number of aliphatic carboxylic acids is 1. The topological polar surface area (TPSA) is 53.7 Å². The van der Waals surface area contributed by atoms with Gasteiger partial charge in [-0.1, -0.05) is 0 Å². The molecule has 1 aliphatic heterocycles. The molecule has 88 valence electrons. The fraction of sp³-hybridized carbons (Fsp3) is 0.583. The average Bonchev–Trinajstić information content (AvgIpc) is 2.84. The molecule has 1 saturated heterocycles. The van der Waals surface area contributed by atoms with E-state index in [1.807, 2.05) is 12.1 Å². The Morgan fingerprint density at radius 2 is 2.56 bits per heavy atom. The van der Waals surface area contributed by atoms with Crippen LogP contribution in [0.1, 0.15) is 38.0 Å². The molecule has 2 unspecified atom stereocenters. The highest BCUT2D eigenvalue weighted by Gasteiger charge is 2.31. The summed E-state index contributed by atoms with van der Waals surface area (Å²) < 4.78 is 5.37. The molecule has 2 rings (SSSR count). The highest BCUT2D eigenvalue weighted by molar-refractivity contribution is 5.67. The van der Waals surface area contributed by atoms with Crippen LogP contribution in [0, 0.1) is 0 Å². The standard InChI is InChI=1S/C12H17NO3/c1-9(11-5-3-7-16-11)13-6-2-4-10(13)8-12(14)15/h3,5,7,9-10H,2,4,6,8H2,1H3,(H,14,15). The molecular formula is C12H17NO3. The summed E-state index contributed by atoms with van der Waals surface area (Å²) in [4.78, 5) is 13.0. The molecule has 4 nitrogen and oxygen atoms in total. The number of hydrogen-bond donors (Lipinski definition) is 1. The van der Waals surface area contributed by atoms with Gasteiger partial charge in [-0.2, -0.15) is 0 Å². The molecule has 1 aromatic heterocycles. The third-order valence-corrected chi connectivity index (χ3v) is 3.29. The van der Waals surface area contributed by atoms with E-state index in [2.05, 4.69) is 11.8 Å². The molecule has 0 spiro atoms. The van der Waals surface area contributed by atoms with Crippen molar-refractivity contribution in [1.82, 2.24) is 4.90 Å². The average molecular weight is 223 g/mol. The molecule has 1 N–H and O–H groups in total. The van der Waals surface area contributed by atoms with E-state index in [0.717, 1.165) is 25.1 Å². The lowest BCUT2D eigenvalue weighted by atomic mass is 10.1. The number of rotatable bonds is 4. The smallest absolute Gasteiger partial charge is 0.304 e. The molecule has 0 aliphatic carbocycles. The zero-order valence-corrected chi connectivity index (χ0v) is 9.43. The molecule has 2 atom stereocenters. The van der Waals surface area contributed by atoms with E-state index in [-0.39, 0.29) is 18.5 Å². The largest absolute Gasteiger partial charge is 0.481 e. The highest BCUT2D eigenvalue weighted by Crippen LogP contribution is 2.30. The molecule has 2 heterocycles. The number of carbonyl (C=O) groups is 1. The number of hydrogen-bond acceptors (Lipinski definition) is 3. The number of carboxylic acids is 1. The van der Waals surface area contributed by atoms with Crippen LogP contribution in [0.3, 0.4) is 0 Å². The predicted octanol–water partition coefficient (Wildman–Crippen LogP) is 2.28. The van der Waals surface area contributed by atoms with Crippen LogP contribution in [0.5, 0.6) is 0 Å². The van der Waals surface area contributed by atoms with Crippen molar-refractivity contribution in [1.29, 1.82) is 0 Å². The van der Waals surface area contributed by atoms with Gasteiger partial charge in [0.15, 0.2) is 0 Å². The second kappa shape index (κ2) is 4.70. The lowest BCUT2D eigenvalue weighted by molar-refractivity contribution is -0.138. The Labute approximate surface area is 94.9 Å². The number of nitrogens with zero attached hydrogens (tertiary/aromatic N) is 1. The molecule has 0 radical (unpaired) electrons. The summed E-state index contributed by atoms with van der Waals surface area (Å²) in [6, 6.07) is 4.13. The van der Waals surface area contributed by atoms with Crippen molar-refractivity contribution in [3.05, 3.63) is 24.2 Å². The van der Waals surface area contributed by atoms with Gasteiger partial charge in [-0.3, -0.25) is 9.69 Å². The first-order valence-electron chi connectivity index (χ1n) is 5.69. The number of carboxylic acid groups (broad SMARTS) is 1. The number of furan rings is 1. The second-order valence-corrected chi connectivity index (χ2v) is 4.32. The van der Waals surface area contributed by atoms with Crippen LogP contribution in [0.25, 0.3) is 0 Å². The fourth-order valence-corrected chi connectivity index (χ4v) is 2.48. The van der Waals surface area contributed by atoms with Gasteiger partial charge in [0.1, 0.15) is 5.76 Å². The normalized spacial score (nSPS) is 23.4. The lowest BCUT2D eigenvalue weighted by Crippen LogP contribution is -2.33. The quantitative estimate of drug-likeness (QED) is 0.850. The fourth-order valence-electron chi connectivity index (χ4n) is 2.48. The van der Waals surface area contributed by atoms with Crippen LogP contribution in [0.2, 0.25) is 0 Å². The van der Waals surface area contributed by atoms with E-state index < -0.39 is 5.97 Å². The molecule has 1 aliphatic rings. The summed E-state index contributed by atoms with van der Waals surface area (Å²) in [6.07, 6.45) is 3.93. The zero-order chi connectivity index (χ0) is 11.5. The van der Waals surface area contributed by atoms with E-state index in [9.17, 15) is 4.79 Å². The van der Waals surface area contributed by atoms with Crippen molar-refractivity contribution in [2.45, 2.75) is 38.3 Å². The molecule has 0 bridgehead atoms. The Bertz CT molecular complexity index is 347. The van der Waals surface area contributed by atoms with Gasteiger partial charge < -0.3 is 9.52 Å². The van der Waals surface area contributed by atoms with E-state index in [1.54, 1.807) is 6.26 Å². The first kappa shape index (κ1) is 11.2. The van der Waals surface area contributed by atoms with Crippen molar-refractivity contribution in [2.24, 2.45) is 0 Å². The van der Waals surface area contributed by atoms with Crippen LogP contribution >= 0.6 is 0 Å². The Morgan fingerprint density at radius 3 is 3.19 bits per heavy atom. The van der Waals surface area contributed by atoms with Crippen molar-refractivity contribution < 1.29 is 14.3 Å². The van der Waals surface area contributed by atoms with Crippen LogP contribution in [-0.2, 0) is 4.79 Å². The van der Waals surface area contributed by atoms with Gasteiger partial charge in [0.2, 0.25) is 0 Å². The second-order valence-electron chi connectivity index (χ2n) is 4.32. The first-order valence-corrected chi connectivity index (χ1v) is 5.69. The molecule has 0 aromatic carbocycles. The van der Waals surface area contributed by atoms with Gasteiger partial charge in [0.25, 0.3) is 0 Å². The SMILES string of the molecule is CC(c1ccco1)N1CCCC1CC(=O)O. The summed E-state index contributed by atoms with van der Waals surface area (Å²) in [5.74, 6) is 0.195. The third-order valence-electron chi connectivity index (χ3n) is 3.29. The van der Waals surface area contributed by atoms with Gasteiger partial charge in [0.05, 0.1) is 18.7 Å². The summed E-state index contributed by atoms with van der Waals surface area (Å²) in [5, 5.41) is 8.85. The predicted molar refractivity (Wildman–Crippen MR) is 59.1 cm³/mol. The van der Waals surface area contributed by atoms with Crippen molar-refractivity contribution in [3.8, 4) is 0 Å². The van der Waals surface area contributed by atoms with Gasteiger partial charge in [-0.05, 0) is 38.4 Å². The van der Waals surface area contributed by atoms with E-state index >= 15 is 0 Å². The van der Waals surface area contributed by atoms with Gasteiger partial charge in [-0.25, -0.2) is 0 Å². The van der Waals surface area contributed by atoms with Crippen molar-refractivity contribution in [2.75, 3.05) is 6.54 Å². The maximum Gasteiger partial charge on any atom is 0.304 e. The Morgan fingerprint density at radius 1 is 1.75 bits per heavy atom.